The summed E-state index contributed by atoms with van der Waals surface area (Å²) >= 11 is 0. The fourth-order valence-corrected chi connectivity index (χ4v) is 1.75. The van der Waals surface area contributed by atoms with Gasteiger partial charge in [-0.05, 0) is 25.1 Å². The van der Waals surface area contributed by atoms with Crippen LogP contribution < -0.4 is 9.64 Å². The van der Waals surface area contributed by atoms with Gasteiger partial charge in [-0.15, -0.1) is 0 Å². The van der Waals surface area contributed by atoms with Crippen molar-refractivity contribution >= 4 is 12.0 Å². The van der Waals surface area contributed by atoms with Crippen LogP contribution in [0.25, 0.3) is 11.5 Å². The Morgan fingerprint density at radius 2 is 2.20 bits per heavy atom. The third kappa shape index (κ3) is 3.14. The van der Waals surface area contributed by atoms with Crippen molar-refractivity contribution in [1.29, 1.82) is 0 Å². The summed E-state index contributed by atoms with van der Waals surface area (Å²) in [5.41, 5.74) is 1.72. The quantitative estimate of drug-likeness (QED) is 0.594. The minimum Gasteiger partial charge on any atom is -0.491 e. The number of nitrogens with zero attached hydrogens (tertiary/aromatic N) is 3. The second-order valence-corrected chi connectivity index (χ2v) is 4.53. The number of benzene rings is 1. The Hall–Kier alpha value is -2.37. The van der Waals surface area contributed by atoms with Gasteiger partial charge in [0.2, 0.25) is 0 Å². The second kappa shape index (κ2) is 6.18. The Kier molecular flexibility index (Phi) is 4.34. The van der Waals surface area contributed by atoms with Gasteiger partial charge in [0, 0.05) is 26.1 Å². The molecule has 0 N–H and O–H groups in total. The minimum absolute atomic E-state index is 0.364. The Bertz CT molecular complexity index is 593. The molecule has 20 heavy (non-hydrogen) atoms. The van der Waals surface area contributed by atoms with Gasteiger partial charge in [0.05, 0.1) is 12.3 Å². The third-order valence-corrected chi connectivity index (χ3v) is 2.71. The van der Waals surface area contributed by atoms with Crippen LogP contribution >= 0.6 is 0 Å². The lowest BCUT2D eigenvalue weighted by atomic mass is 10.1. The average molecular weight is 275 g/mol. The number of carbonyl (C=O) groups excluding carboxylic acids is 1. The van der Waals surface area contributed by atoms with Crippen LogP contribution in [0.2, 0.25) is 0 Å². The van der Waals surface area contributed by atoms with E-state index in [9.17, 15) is 4.79 Å². The zero-order valence-corrected chi connectivity index (χ0v) is 11.8. The monoisotopic (exact) mass is 275 g/mol. The van der Waals surface area contributed by atoms with Gasteiger partial charge in [0.15, 0.2) is 5.82 Å². The summed E-state index contributed by atoms with van der Waals surface area (Å²) < 4.78 is 10.8. The molecule has 0 atom stereocenters. The number of ether oxygens (including phenoxy) is 1. The van der Waals surface area contributed by atoms with E-state index in [0.29, 0.717) is 24.7 Å². The van der Waals surface area contributed by atoms with Crippen molar-refractivity contribution in [1.82, 2.24) is 10.1 Å². The van der Waals surface area contributed by atoms with Crippen LogP contribution in [0.3, 0.4) is 0 Å². The number of carbonyl (C=O) groups is 1. The summed E-state index contributed by atoms with van der Waals surface area (Å²) in [5, 5.41) is 3.78. The normalized spacial score (nSPS) is 10.3. The molecule has 0 radical (unpaired) electrons. The van der Waals surface area contributed by atoms with E-state index in [-0.39, 0.29) is 0 Å². The lowest BCUT2D eigenvalue weighted by Gasteiger charge is -2.18. The van der Waals surface area contributed by atoms with Gasteiger partial charge in [-0.25, -0.2) is 0 Å². The van der Waals surface area contributed by atoms with E-state index < -0.39 is 0 Å². The molecule has 1 heterocycles. The Labute approximate surface area is 117 Å². The molecule has 0 aliphatic heterocycles. The Balaban J connectivity index is 2.29. The fraction of sp³-hybridized carbons (Fsp3) is 0.357. The maximum absolute atomic E-state index is 10.3. The highest BCUT2D eigenvalue weighted by atomic mass is 16.5. The fourth-order valence-electron chi connectivity index (χ4n) is 1.75. The van der Waals surface area contributed by atoms with E-state index in [2.05, 4.69) is 10.1 Å². The van der Waals surface area contributed by atoms with Gasteiger partial charge in [-0.3, -0.25) is 0 Å². The summed E-state index contributed by atoms with van der Waals surface area (Å²) in [7, 11) is 3.84. The van der Waals surface area contributed by atoms with Crippen molar-refractivity contribution in [2.75, 3.05) is 25.6 Å². The average Bonchev–Trinajstić information content (AvgIpc) is 2.86. The van der Waals surface area contributed by atoms with E-state index in [0.717, 1.165) is 23.3 Å². The third-order valence-electron chi connectivity index (χ3n) is 2.71. The molecular weight excluding hydrogens is 258 g/mol. The molecule has 106 valence electrons. The highest BCUT2D eigenvalue weighted by Gasteiger charge is 2.12. The highest BCUT2D eigenvalue weighted by molar-refractivity contribution is 5.68. The Morgan fingerprint density at radius 3 is 2.80 bits per heavy atom. The van der Waals surface area contributed by atoms with Gasteiger partial charge in [0.25, 0.3) is 5.89 Å². The molecule has 0 saturated carbocycles. The standard InChI is InChI=1S/C14H17N3O3/c1-10-15-14(20-16-10)11-5-6-13(19-8-4-7-18)12(9-11)17(2)3/h5-7,9H,4,8H2,1-3H3. The first-order valence-corrected chi connectivity index (χ1v) is 6.30. The largest absolute Gasteiger partial charge is 0.491 e. The number of aromatic nitrogens is 2. The zero-order valence-electron chi connectivity index (χ0n) is 11.8. The van der Waals surface area contributed by atoms with Crippen molar-refractivity contribution in [2.45, 2.75) is 13.3 Å². The molecule has 0 spiro atoms. The number of hydrogen-bond donors (Lipinski definition) is 0. The van der Waals surface area contributed by atoms with Crippen LogP contribution in [-0.4, -0.2) is 37.1 Å². The van der Waals surface area contributed by atoms with Gasteiger partial charge in [0.1, 0.15) is 12.0 Å². The van der Waals surface area contributed by atoms with Crippen LogP contribution in [0.15, 0.2) is 22.7 Å². The SMILES string of the molecule is Cc1noc(-c2ccc(OCCC=O)c(N(C)C)c2)n1. The van der Waals surface area contributed by atoms with Crippen LogP contribution in [0.1, 0.15) is 12.2 Å². The minimum atomic E-state index is 0.364. The number of aldehydes is 1. The molecule has 0 aliphatic rings. The van der Waals surface area contributed by atoms with E-state index in [1.54, 1.807) is 6.92 Å². The van der Waals surface area contributed by atoms with E-state index in [1.807, 2.05) is 37.2 Å². The summed E-state index contributed by atoms with van der Waals surface area (Å²) in [6.45, 7) is 2.14. The van der Waals surface area contributed by atoms with Crippen molar-refractivity contribution in [3.63, 3.8) is 0 Å². The molecule has 2 rings (SSSR count). The van der Waals surface area contributed by atoms with Crippen molar-refractivity contribution < 1.29 is 14.1 Å². The molecular formula is C14H17N3O3. The van der Waals surface area contributed by atoms with E-state index in [4.69, 9.17) is 9.26 Å². The molecule has 0 amide bonds. The first-order chi connectivity index (χ1) is 9.61. The molecule has 0 fully saturated rings. The highest BCUT2D eigenvalue weighted by Crippen LogP contribution is 2.32. The van der Waals surface area contributed by atoms with Gasteiger partial charge >= 0.3 is 0 Å². The number of aryl methyl sites for hydroxylation is 1. The molecule has 0 aliphatic carbocycles. The molecule has 0 bridgehead atoms. The van der Waals surface area contributed by atoms with Crippen molar-refractivity contribution in [3.8, 4) is 17.2 Å². The lowest BCUT2D eigenvalue weighted by molar-refractivity contribution is -0.108. The molecule has 0 unspecified atom stereocenters. The summed E-state index contributed by atoms with van der Waals surface area (Å²) in [6, 6.07) is 5.62. The van der Waals surface area contributed by atoms with Crippen LogP contribution in [0, 0.1) is 6.92 Å². The van der Waals surface area contributed by atoms with Crippen molar-refractivity contribution in [2.24, 2.45) is 0 Å². The summed E-state index contributed by atoms with van der Waals surface area (Å²) in [5.74, 6) is 1.79. The van der Waals surface area contributed by atoms with Gasteiger partial charge in [-0.2, -0.15) is 4.98 Å². The van der Waals surface area contributed by atoms with E-state index in [1.165, 1.54) is 0 Å². The predicted octanol–water partition coefficient (Wildman–Crippen LogP) is 2.08. The second-order valence-electron chi connectivity index (χ2n) is 4.53. The predicted molar refractivity (Wildman–Crippen MR) is 75.0 cm³/mol. The first-order valence-electron chi connectivity index (χ1n) is 6.30. The smallest absolute Gasteiger partial charge is 0.257 e. The summed E-state index contributed by atoms with van der Waals surface area (Å²) in [6.07, 6.45) is 1.21. The molecule has 1 aromatic heterocycles. The number of rotatable bonds is 6. The molecule has 1 aromatic carbocycles. The van der Waals surface area contributed by atoms with Gasteiger partial charge < -0.3 is 19.0 Å². The van der Waals surface area contributed by atoms with Crippen LogP contribution in [0.5, 0.6) is 5.75 Å². The van der Waals surface area contributed by atoms with Crippen molar-refractivity contribution in [3.05, 3.63) is 24.0 Å². The number of hydrogen-bond acceptors (Lipinski definition) is 6. The maximum atomic E-state index is 10.3. The first kappa shape index (κ1) is 14.0. The topological polar surface area (TPSA) is 68.5 Å². The maximum Gasteiger partial charge on any atom is 0.257 e. The molecule has 6 nitrogen and oxygen atoms in total. The molecule has 2 aromatic rings. The zero-order chi connectivity index (χ0) is 14.5. The molecule has 6 heteroatoms. The van der Waals surface area contributed by atoms with Crippen LogP contribution in [-0.2, 0) is 4.79 Å². The number of anilines is 1. The van der Waals surface area contributed by atoms with Crippen LogP contribution in [0.4, 0.5) is 5.69 Å². The molecule has 0 saturated heterocycles. The lowest BCUT2D eigenvalue weighted by Crippen LogP contribution is -2.11. The van der Waals surface area contributed by atoms with E-state index >= 15 is 0 Å². The summed E-state index contributed by atoms with van der Waals surface area (Å²) in [4.78, 5) is 16.5. The Morgan fingerprint density at radius 1 is 1.40 bits per heavy atom. The van der Waals surface area contributed by atoms with Gasteiger partial charge in [-0.1, -0.05) is 5.16 Å².